The van der Waals surface area contributed by atoms with Crippen molar-refractivity contribution in [3.63, 3.8) is 0 Å². The summed E-state index contributed by atoms with van der Waals surface area (Å²) in [5, 5.41) is 0. The van der Waals surface area contributed by atoms with E-state index in [0.717, 1.165) is 0 Å². The second kappa shape index (κ2) is 6.20. The Morgan fingerprint density at radius 3 is 2.67 bits per heavy atom. The Morgan fingerprint density at radius 2 is 2.11 bits per heavy atom. The van der Waals surface area contributed by atoms with Crippen LogP contribution in [0.4, 0.5) is 5.69 Å². The molecule has 0 heterocycles. The monoisotopic (exact) mass is 289 g/mol. The molecular formula is C12H16ClNO3S. The van der Waals surface area contributed by atoms with Gasteiger partial charge in [-0.25, -0.2) is 8.42 Å². The number of hydrogen-bond donors (Lipinski definition) is 1. The lowest BCUT2D eigenvalue weighted by molar-refractivity contribution is 0.101. The van der Waals surface area contributed by atoms with Crippen LogP contribution in [0.2, 0.25) is 0 Å². The van der Waals surface area contributed by atoms with Gasteiger partial charge in [0.2, 0.25) is 10.0 Å². The van der Waals surface area contributed by atoms with E-state index in [-0.39, 0.29) is 23.3 Å². The molecule has 1 unspecified atom stereocenters. The van der Waals surface area contributed by atoms with Gasteiger partial charge < -0.3 is 0 Å². The molecule has 0 fully saturated rings. The Hall–Kier alpha value is -1.07. The molecule has 0 spiro atoms. The Kier molecular flexibility index (Phi) is 5.16. The zero-order chi connectivity index (χ0) is 13.8. The van der Waals surface area contributed by atoms with Gasteiger partial charge in [-0.3, -0.25) is 9.52 Å². The first-order chi connectivity index (χ1) is 8.34. The topological polar surface area (TPSA) is 63.2 Å². The van der Waals surface area contributed by atoms with Gasteiger partial charge in [-0.05, 0) is 25.0 Å². The Labute approximate surface area is 112 Å². The summed E-state index contributed by atoms with van der Waals surface area (Å²) >= 11 is 5.59. The largest absolute Gasteiger partial charge is 0.295 e. The summed E-state index contributed by atoms with van der Waals surface area (Å²) in [6, 6.07) is 6.40. The quantitative estimate of drug-likeness (QED) is 0.646. The predicted octanol–water partition coefficient (Wildman–Crippen LogP) is 2.51. The minimum absolute atomic E-state index is 0.0409. The number of Topliss-reactive ketones (excluding diaryl/α,β-unsaturated/α-hetero) is 1. The summed E-state index contributed by atoms with van der Waals surface area (Å²) in [6.07, 6.45) is 0. The van der Waals surface area contributed by atoms with E-state index in [2.05, 4.69) is 4.72 Å². The highest BCUT2D eigenvalue weighted by Gasteiger charge is 2.15. The molecule has 0 aliphatic rings. The first-order valence-corrected chi connectivity index (χ1v) is 7.70. The smallest absolute Gasteiger partial charge is 0.233 e. The maximum Gasteiger partial charge on any atom is 0.233 e. The predicted molar refractivity (Wildman–Crippen MR) is 73.7 cm³/mol. The molecule has 0 aliphatic carbocycles. The standard InChI is InChI=1S/C12H16ClNO3S/c1-9(7-13)8-18(16,17)14-12-5-3-4-11(6-12)10(2)15/h3-6,9,14H,7-8H2,1-2H3. The molecule has 0 aromatic heterocycles. The molecule has 0 amide bonds. The van der Waals surface area contributed by atoms with Crippen molar-refractivity contribution in [2.45, 2.75) is 13.8 Å². The van der Waals surface area contributed by atoms with E-state index in [0.29, 0.717) is 11.3 Å². The third kappa shape index (κ3) is 4.66. The number of hydrogen-bond acceptors (Lipinski definition) is 3. The van der Waals surface area contributed by atoms with Gasteiger partial charge in [-0.2, -0.15) is 0 Å². The summed E-state index contributed by atoms with van der Waals surface area (Å²) in [4.78, 5) is 11.2. The molecule has 0 aliphatic heterocycles. The number of anilines is 1. The van der Waals surface area contributed by atoms with E-state index in [1.807, 2.05) is 0 Å². The molecule has 0 bridgehead atoms. The van der Waals surface area contributed by atoms with Crippen LogP contribution < -0.4 is 4.72 Å². The van der Waals surface area contributed by atoms with Crippen LogP contribution in [0, 0.1) is 5.92 Å². The molecule has 100 valence electrons. The normalized spacial score (nSPS) is 13.1. The van der Waals surface area contributed by atoms with E-state index in [1.54, 1.807) is 25.1 Å². The molecule has 0 radical (unpaired) electrons. The number of carbonyl (C=O) groups excluding carboxylic acids is 1. The van der Waals surface area contributed by atoms with Crippen LogP contribution in [0.15, 0.2) is 24.3 Å². The van der Waals surface area contributed by atoms with E-state index in [4.69, 9.17) is 11.6 Å². The van der Waals surface area contributed by atoms with Crippen molar-refractivity contribution in [2.75, 3.05) is 16.4 Å². The number of ketones is 1. The number of benzene rings is 1. The summed E-state index contributed by atoms with van der Waals surface area (Å²) < 4.78 is 26.0. The van der Waals surface area contributed by atoms with Gasteiger partial charge in [-0.15, -0.1) is 11.6 Å². The van der Waals surface area contributed by atoms with E-state index in [9.17, 15) is 13.2 Å². The first kappa shape index (κ1) is 15.0. The van der Waals surface area contributed by atoms with Crippen molar-refractivity contribution in [1.82, 2.24) is 0 Å². The SMILES string of the molecule is CC(=O)c1cccc(NS(=O)(=O)CC(C)CCl)c1. The summed E-state index contributed by atoms with van der Waals surface area (Å²) in [7, 11) is -3.43. The van der Waals surface area contributed by atoms with Crippen molar-refractivity contribution in [3.8, 4) is 0 Å². The number of halogens is 1. The average Bonchev–Trinajstić information content (AvgIpc) is 2.27. The lowest BCUT2D eigenvalue weighted by atomic mass is 10.1. The van der Waals surface area contributed by atoms with E-state index in [1.165, 1.54) is 13.0 Å². The van der Waals surface area contributed by atoms with Crippen molar-refractivity contribution in [2.24, 2.45) is 5.92 Å². The molecule has 1 N–H and O–H groups in total. The number of sulfonamides is 1. The average molecular weight is 290 g/mol. The Morgan fingerprint density at radius 1 is 1.44 bits per heavy atom. The fourth-order valence-electron chi connectivity index (χ4n) is 1.44. The highest BCUT2D eigenvalue weighted by atomic mass is 35.5. The molecule has 0 saturated heterocycles. The number of alkyl halides is 1. The van der Waals surface area contributed by atoms with Crippen LogP contribution in [0.5, 0.6) is 0 Å². The highest BCUT2D eigenvalue weighted by molar-refractivity contribution is 7.92. The summed E-state index contributed by atoms with van der Waals surface area (Å²) in [5.41, 5.74) is 0.866. The summed E-state index contributed by atoms with van der Waals surface area (Å²) in [5.74, 6) is 0.0141. The lowest BCUT2D eigenvalue weighted by Crippen LogP contribution is -2.22. The minimum Gasteiger partial charge on any atom is -0.295 e. The van der Waals surface area contributed by atoms with Crippen molar-refractivity contribution in [1.29, 1.82) is 0 Å². The molecule has 18 heavy (non-hydrogen) atoms. The fourth-order valence-corrected chi connectivity index (χ4v) is 3.12. The van der Waals surface area contributed by atoms with Crippen LogP contribution >= 0.6 is 11.6 Å². The van der Waals surface area contributed by atoms with Gasteiger partial charge in [0, 0.05) is 17.1 Å². The first-order valence-electron chi connectivity index (χ1n) is 5.51. The van der Waals surface area contributed by atoms with Gasteiger partial charge >= 0.3 is 0 Å². The van der Waals surface area contributed by atoms with Gasteiger partial charge in [0.05, 0.1) is 5.75 Å². The number of nitrogens with one attached hydrogen (secondary N) is 1. The van der Waals surface area contributed by atoms with Gasteiger partial charge in [0.25, 0.3) is 0 Å². The van der Waals surface area contributed by atoms with Crippen molar-refractivity contribution < 1.29 is 13.2 Å². The van der Waals surface area contributed by atoms with Gasteiger partial charge in [0.1, 0.15) is 0 Å². The third-order valence-electron chi connectivity index (χ3n) is 2.31. The van der Waals surface area contributed by atoms with Crippen LogP contribution in [-0.2, 0) is 10.0 Å². The van der Waals surface area contributed by atoms with Crippen LogP contribution in [-0.4, -0.2) is 25.8 Å². The van der Waals surface area contributed by atoms with E-state index < -0.39 is 10.0 Å². The highest BCUT2D eigenvalue weighted by Crippen LogP contribution is 2.14. The van der Waals surface area contributed by atoms with Crippen LogP contribution in [0.3, 0.4) is 0 Å². The van der Waals surface area contributed by atoms with Crippen LogP contribution in [0.25, 0.3) is 0 Å². The second-order valence-corrected chi connectivity index (χ2v) is 6.36. The van der Waals surface area contributed by atoms with Crippen LogP contribution in [0.1, 0.15) is 24.2 Å². The maximum absolute atomic E-state index is 11.8. The molecule has 1 atom stereocenters. The molecule has 4 nitrogen and oxygen atoms in total. The number of carbonyl (C=O) groups is 1. The molecule has 1 rings (SSSR count). The third-order valence-corrected chi connectivity index (χ3v) is 4.39. The molecule has 1 aromatic carbocycles. The van der Waals surface area contributed by atoms with Crippen molar-refractivity contribution >= 4 is 33.1 Å². The zero-order valence-electron chi connectivity index (χ0n) is 10.3. The Balaban J connectivity index is 2.84. The van der Waals surface area contributed by atoms with Gasteiger partial charge in [0.15, 0.2) is 5.78 Å². The van der Waals surface area contributed by atoms with E-state index >= 15 is 0 Å². The Bertz CT molecular complexity index is 528. The molecule has 1 aromatic rings. The fraction of sp³-hybridized carbons (Fsp3) is 0.417. The maximum atomic E-state index is 11.8. The minimum atomic E-state index is -3.43. The molecule has 6 heteroatoms. The zero-order valence-corrected chi connectivity index (χ0v) is 11.9. The lowest BCUT2D eigenvalue weighted by Gasteiger charge is -2.11. The van der Waals surface area contributed by atoms with Gasteiger partial charge in [-0.1, -0.05) is 19.1 Å². The van der Waals surface area contributed by atoms with Crippen molar-refractivity contribution in [3.05, 3.63) is 29.8 Å². The number of rotatable bonds is 6. The molecular weight excluding hydrogens is 274 g/mol. The summed E-state index contributed by atoms with van der Waals surface area (Å²) in [6.45, 7) is 3.20. The molecule has 0 saturated carbocycles. The second-order valence-electron chi connectivity index (χ2n) is 4.28.